The molecular formula is C12H24O4. The first-order valence-corrected chi connectivity index (χ1v) is 6.16. The molecular weight excluding hydrogens is 208 g/mol. The van der Waals surface area contributed by atoms with Crippen LogP contribution in [0.2, 0.25) is 0 Å². The van der Waals surface area contributed by atoms with Gasteiger partial charge in [0.1, 0.15) is 0 Å². The number of aliphatic hydroxyl groups excluding tert-OH is 2. The SMILES string of the molecule is CCCCCCCC(O)CCC(O)C(=O)O. The van der Waals surface area contributed by atoms with Gasteiger partial charge in [0.25, 0.3) is 0 Å². The van der Waals surface area contributed by atoms with Gasteiger partial charge in [-0.15, -0.1) is 0 Å². The molecule has 4 heteroatoms. The molecule has 0 rings (SSSR count). The molecule has 3 N–H and O–H groups in total. The number of carboxylic acids is 1. The summed E-state index contributed by atoms with van der Waals surface area (Å²) in [5, 5.41) is 27.0. The first-order valence-electron chi connectivity index (χ1n) is 6.16. The molecule has 4 nitrogen and oxygen atoms in total. The lowest BCUT2D eigenvalue weighted by Crippen LogP contribution is -2.21. The van der Waals surface area contributed by atoms with Gasteiger partial charge >= 0.3 is 5.97 Å². The van der Waals surface area contributed by atoms with Gasteiger partial charge in [-0.2, -0.15) is 0 Å². The Hall–Kier alpha value is -0.610. The summed E-state index contributed by atoms with van der Waals surface area (Å²) in [6, 6.07) is 0. The number of hydrogen-bond acceptors (Lipinski definition) is 3. The van der Waals surface area contributed by atoms with Crippen LogP contribution in [-0.2, 0) is 4.79 Å². The highest BCUT2D eigenvalue weighted by atomic mass is 16.4. The molecule has 0 saturated carbocycles. The molecule has 2 unspecified atom stereocenters. The molecule has 2 atom stereocenters. The Morgan fingerprint density at radius 1 is 1.00 bits per heavy atom. The van der Waals surface area contributed by atoms with Crippen LogP contribution in [0, 0.1) is 0 Å². The maximum Gasteiger partial charge on any atom is 0.332 e. The van der Waals surface area contributed by atoms with E-state index in [0.29, 0.717) is 12.8 Å². The monoisotopic (exact) mass is 232 g/mol. The highest BCUT2D eigenvalue weighted by Gasteiger charge is 2.14. The lowest BCUT2D eigenvalue weighted by Gasteiger charge is -2.11. The number of unbranched alkanes of at least 4 members (excludes halogenated alkanes) is 4. The third kappa shape index (κ3) is 8.68. The largest absolute Gasteiger partial charge is 0.479 e. The average molecular weight is 232 g/mol. The maximum absolute atomic E-state index is 10.3. The fourth-order valence-corrected chi connectivity index (χ4v) is 1.60. The van der Waals surface area contributed by atoms with Gasteiger partial charge in [0.15, 0.2) is 6.10 Å². The first kappa shape index (κ1) is 15.4. The molecule has 0 radical (unpaired) electrons. The molecule has 0 bridgehead atoms. The quantitative estimate of drug-likeness (QED) is 0.503. The topological polar surface area (TPSA) is 77.8 Å². The van der Waals surface area contributed by atoms with E-state index >= 15 is 0 Å². The van der Waals surface area contributed by atoms with Crippen LogP contribution in [0.25, 0.3) is 0 Å². The van der Waals surface area contributed by atoms with Crippen molar-refractivity contribution < 1.29 is 20.1 Å². The van der Waals surface area contributed by atoms with Crippen LogP contribution in [0.3, 0.4) is 0 Å². The predicted octanol–water partition coefficient (Wildman–Crippen LogP) is 1.93. The van der Waals surface area contributed by atoms with Gasteiger partial charge in [0, 0.05) is 0 Å². The summed E-state index contributed by atoms with van der Waals surface area (Å²) < 4.78 is 0. The Balaban J connectivity index is 3.37. The van der Waals surface area contributed by atoms with Gasteiger partial charge in [-0.3, -0.25) is 0 Å². The van der Waals surface area contributed by atoms with E-state index in [1.165, 1.54) is 19.3 Å². The highest BCUT2D eigenvalue weighted by molar-refractivity contribution is 5.71. The molecule has 0 heterocycles. The molecule has 0 aliphatic carbocycles. The molecule has 0 aromatic carbocycles. The highest BCUT2D eigenvalue weighted by Crippen LogP contribution is 2.11. The van der Waals surface area contributed by atoms with E-state index < -0.39 is 18.2 Å². The summed E-state index contributed by atoms with van der Waals surface area (Å²) in [4.78, 5) is 10.3. The van der Waals surface area contributed by atoms with Crippen LogP contribution >= 0.6 is 0 Å². The van der Waals surface area contributed by atoms with Crippen molar-refractivity contribution in [1.82, 2.24) is 0 Å². The summed E-state index contributed by atoms with van der Waals surface area (Å²) >= 11 is 0. The van der Waals surface area contributed by atoms with Crippen molar-refractivity contribution >= 4 is 5.97 Å². The number of carbonyl (C=O) groups is 1. The van der Waals surface area contributed by atoms with Crippen molar-refractivity contribution in [3.8, 4) is 0 Å². The summed E-state index contributed by atoms with van der Waals surface area (Å²) in [6.45, 7) is 2.15. The zero-order chi connectivity index (χ0) is 12.4. The maximum atomic E-state index is 10.3. The minimum absolute atomic E-state index is 0.130. The van der Waals surface area contributed by atoms with E-state index in [-0.39, 0.29) is 6.42 Å². The minimum atomic E-state index is -1.34. The van der Waals surface area contributed by atoms with Crippen molar-refractivity contribution in [2.24, 2.45) is 0 Å². The van der Waals surface area contributed by atoms with Gasteiger partial charge in [-0.05, 0) is 19.3 Å². The molecule has 16 heavy (non-hydrogen) atoms. The number of rotatable bonds is 10. The Morgan fingerprint density at radius 2 is 1.62 bits per heavy atom. The minimum Gasteiger partial charge on any atom is -0.479 e. The first-order chi connectivity index (χ1) is 7.57. The van der Waals surface area contributed by atoms with Crippen molar-refractivity contribution in [3.05, 3.63) is 0 Å². The molecule has 0 aromatic heterocycles. The Kier molecular flexibility index (Phi) is 9.24. The van der Waals surface area contributed by atoms with Crippen LogP contribution < -0.4 is 0 Å². The van der Waals surface area contributed by atoms with Crippen molar-refractivity contribution in [3.63, 3.8) is 0 Å². The van der Waals surface area contributed by atoms with Gasteiger partial charge in [-0.25, -0.2) is 4.79 Å². The summed E-state index contributed by atoms with van der Waals surface area (Å²) in [7, 11) is 0. The van der Waals surface area contributed by atoms with Crippen molar-refractivity contribution in [1.29, 1.82) is 0 Å². The fraction of sp³-hybridized carbons (Fsp3) is 0.917. The van der Waals surface area contributed by atoms with E-state index in [9.17, 15) is 9.90 Å². The van der Waals surface area contributed by atoms with Crippen molar-refractivity contribution in [2.45, 2.75) is 70.5 Å². The van der Waals surface area contributed by atoms with Crippen LogP contribution in [0.1, 0.15) is 58.3 Å². The van der Waals surface area contributed by atoms with Gasteiger partial charge < -0.3 is 15.3 Å². The average Bonchev–Trinajstić information content (AvgIpc) is 2.25. The molecule has 0 spiro atoms. The lowest BCUT2D eigenvalue weighted by atomic mass is 10.0. The Morgan fingerprint density at radius 3 is 2.19 bits per heavy atom. The second-order valence-corrected chi connectivity index (χ2v) is 4.29. The van der Waals surface area contributed by atoms with E-state index in [1.54, 1.807) is 0 Å². The lowest BCUT2D eigenvalue weighted by molar-refractivity contribution is -0.147. The molecule has 0 aromatic rings. The fourth-order valence-electron chi connectivity index (χ4n) is 1.60. The Bertz CT molecular complexity index is 182. The molecule has 0 fully saturated rings. The summed E-state index contributed by atoms with van der Waals surface area (Å²) in [5.74, 6) is -1.21. The van der Waals surface area contributed by atoms with E-state index in [4.69, 9.17) is 10.2 Å². The second-order valence-electron chi connectivity index (χ2n) is 4.29. The van der Waals surface area contributed by atoms with Crippen LogP contribution in [0.15, 0.2) is 0 Å². The molecule has 0 aliphatic heterocycles. The smallest absolute Gasteiger partial charge is 0.332 e. The number of hydrogen-bond donors (Lipinski definition) is 3. The third-order valence-electron chi connectivity index (χ3n) is 2.70. The number of carboxylic acid groups (broad SMARTS) is 1. The Labute approximate surface area is 97.3 Å². The summed E-state index contributed by atoms with van der Waals surface area (Å²) in [6.07, 6.45) is 5.10. The van der Waals surface area contributed by atoms with Crippen molar-refractivity contribution in [2.75, 3.05) is 0 Å². The normalized spacial score (nSPS) is 14.7. The zero-order valence-corrected chi connectivity index (χ0v) is 10.1. The predicted molar refractivity (Wildman–Crippen MR) is 62.3 cm³/mol. The van der Waals surface area contributed by atoms with Crippen LogP contribution in [0.5, 0.6) is 0 Å². The van der Waals surface area contributed by atoms with Crippen LogP contribution in [0.4, 0.5) is 0 Å². The molecule has 0 amide bonds. The van der Waals surface area contributed by atoms with Crippen LogP contribution in [-0.4, -0.2) is 33.5 Å². The zero-order valence-electron chi connectivity index (χ0n) is 10.1. The summed E-state index contributed by atoms with van der Waals surface area (Å²) in [5.41, 5.74) is 0. The van der Waals surface area contributed by atoms with Gasteiger partial charge in [0.05, 0.1) is 6.10 Å². The van der Waals surface area contributed by atoms with E-state index in [0.717, 1.165) is 12.8 Å². The molecule has 96 valence electrons. The molecule has 0 saturated heterocycles. The van der Waals surface area contributed by atoms with E-state index in [2.05, 4.69) is 6.92 Å². The van der Waals surface area contributed by atoms with Gasteiger partial charge in [0.2, 0.25) is 0 Å². The second kappa shape index (κ2) is 9.60. The number of aliphatic hydroxyl groups is 2. The number of aliphatic carboxylic acids is 1. The standard InChI is InChI=1S/C12H24O4/c1-2-3-4-5-6-7-10(13)8-9-11(14)12(15)16/h10-11,13-14H,2-9H2,1H3,(H,15,16). The van der Waals surface area contributed by atoms with Gasteiger partial charge in [-0.1, -0.05) is 39.0 Å². The van der Waals surface area contributed by atoms with E-state index in [1.807, 2.05) is 0 Å². The molecule has 0 aliphatic rings. The third-order valence-corrected chi connectivity index (χ3v) is 2.70.